The fraction of sp³-hybridized carbons (Fsp3) is 0.267. The van der Waals surface area contributed by atoms with Crippen LogP contribution in [-0.4, -0.2) is 41.5 Å². The first kappa shape index (κ1) is 16.8. The Morgan fingerprint density at radius 3 is 2.88 bits per heavy atom. The number of carboxylic acid groups (broad SMARTS) is 1. The van der Waals surface area contributed by atoms with E-state index in [1.165, 1.54) is 23.6 Å². The van der Waals surface area contributed by atoms with Gasteiger partial charge in [-0.1, -0.05) is 0 Å². The second kappa shape index (κ2) is 6.85. The SMILES string of the molecule is CCn1cc(-c2csc(NC(=O)c3ccnn3CC(=O)O)n2)c(C)n1. The molecular weight excluding hydrogens is 344 g/mol. The van der Waals surface area contributed by atoms with Gasteiger partial charge in [0, 0.05) is 29.9 Å². The van der Waals surface area contributed by atoms with Crippen LogP contribution in [-0.2, 0) is 17.9 Å². The van der Waals surface area contributed by atoms with Crippen LogP contribution in [0.4, 0.5) is 5.13 Å². The topological polar surface area (TPSA) is 115 Å². The van der Waals surface area contributed by atoms with Gasteiger partial charge < -0.3 is 5.11 Å². The van der Waals surface area contributed by atoms with Gasteiger partial charge in [0.2, 0.25) is 0 Å². The van der Waals surface area contributed by atoms with Gasteiger partial charge >= 0.3 is 5.97 Å². The summed E-state index contributed by atoms with van der Waals surface area (Å²) < 4.78 is 2.95. The second-order valence-corrected chi connectivity index (χ2v) is 6.10. The third-order valence-corrected chi connectivity index (χ3v) is 4.26. The number of aliphatic carboxylic acids is 1. The highest BCUT2D eigenvalue weighted by atomic mass is 32.1. The van der Waals surface area contributed by atoms with Crippen molar-refractivity contribution >= 4 is 28.3 Å². The molecular formula is C15H16N6O3S. The lowest BCUT2D eigenvalue weighted by molar-refractivity contribution is -0.137. The molecule has 0 unspecified atom stereocenters. The van der Waals surface area contributed by atoms with Crippen LogP contribution in [0.5, 0.6) is 0 Å². The number of carbonyl (C=O) groups is 2. The zero-order chi connectivity index (χ0) is 18.0. The molecule has 9 nitrogen and oxygen atoms in total. The predicted octanol–water partition coefficient (Wildman–Crippen LogP) is 1.87. The van der Waals surface area contributed by atoms with Crippen LogP contribution in [0.2, 0.25) is 0 Å². The molecule has 0 aliphatic rings. The van der Waals surface area contributed by atoms with Crippen molar-refractivity contribution in [3.05, 3.63) is 35.2 Å². The lowest BCUT2D eigenvalue weighted by Gasteiger charge is -2.04. The normalized spacial score (nSPS) is 10.8. The lowest BCUT2D eigenvalue weighted by Crippen LogP contribution is -2.20. The summed E-state index contributed by atoms with van der Waals surface area (Å²) in [4.78, 5) is 27.6. The molecule has 3 heterocycles. The molecule has 130 valence electrons. The van der Waals surface area contributed by atoms with Gasteiger partial charge in [-0.25, -0.2) is 9.67 Å². The van der Waals surface area contributed by atoms with Crippen LogP contribution in [0, 0.1) is 6.92 Å². The number of nitrogens with one attached hydrogen (secondary N) is 1. The van der Waals surface area contributed by atoms with E-state index in [0.717, 1.165) is 28.2 Å². The molecule has 1 amide bonds. The van der Waals surface area contributed by atoms with E-state index in [4.69, 9.17) is 5.11 Å². The van der Waals surface area contributed by atoms with E-state index < -0.39 is 11.9 Å². The summed E-state index contributed by atoms with van der Waals surface area (Å²) in [6, 6.07) is 1.46. The van der Waals surface area contributed by atoms with Crippen molar-refractivity contribution < 1.29 is 14.7 Å². The highest BCUT2D eigenvalue weighted by Crippen LogP contribution is 2.27. The molecule has 0 fully saturated rings. The molecule has 0 aliphatic heterocycles. The largest absolute Gasteiger partial charge is 0.480 e. The minimum Gasteiger partial charge on any atom is -0.480 e. The standard InChI is InChI=1S/C15H16N6O3S/c1-3-20-6-10(9(2)19-20)11-8-25-15(17-11)18-14(24)12-4-5-16-21(12)7-13(22)23/h4-6,8H,3,7H2,1-2H3,(H,22,23)(H,17,18,24). The molecule has 25 heavy (non-hydrogen) atoms. The number of nitrogens with zero attached hydrogens (tertiary/aromatic N) is 5. The molecule has 0 saturated heterocycles. The van der Waals surface area contributed by atoms with Gasteiger partial charge in [0.1, 0.15) is 12.2 Å². The molecule has 10 heteroatoms. The van der Waals surface area contributed by atoms with Crippen LogP contribution in [0.25, 0.3) is 11.3 Å². The van der Waals surface area contributed by atoms with Crippen molar-refractivity contribution in [2.45, 2.75) is 26.9 Å². The fourth-order valence-corrected chi connectivity index (χ4v) is 3.03. The lowest BCUT2D eigenvalue weighted by atomic mass is 10.2. The Hall–Kier alpha value is -3.01. The highest BCUT2D eigenvalue weighted by molar-refractivity contribution is 7.14. The predicted molar refractivity (Wildman–Crippen MR) is 91.6 cm³/mol. The third-order valence-electron chi connectivity index (χ3n) is 3.51. The van der Waals surface area contributed by atoms with Crippen molar-refractivity contribution in [2.75, 3.05) is 5.32 Å². The molecule has 3 aromatic rings. The van der Waals surface area contributed by atoms with Crippen LogP contribution < -0.4 is 5.32 Å². The molecule has 0 spiro atoms. The van der Waals surface area contributed by atoms with Crippen molar-refractivity contribution in [3.63, 3.8) is 0 Å². The first-order valence-corrected chi connectivity index (χ1v) is 8.40. The molecule has 0 atom stereocenters. The summed E-state index contributed by atoms with van der Waals surface area (Å²) in [5.74, 6) is -1.53. The van der Waals surface area contributed by atoms with Crippen molar-refractivity contribution in [3.8, 4) is 11.3 Å². The van der Waals surface area contributed by atoms with Crippen LogP contribution in [0.3, 0.4) is 0 Å². The molecule has 3 aromatic heterocycles. The summed E-state index contributed by atoms with van der Waals surface area (Å²) in [6.07, 6.45) is 3.30. The van der Waals surface area contributed by atoms with E-state index in [2.05, 4.69) is 20.5 Å². The Labute approximate surface area is 146 Å². The van der Waals surface area contributed by atoms with E-state index in [1.807, 2.05) is 30.1 Å². The van der Waals surface area contributed by atoms with Crippen molar-refractivity contribution in [2.24, 2.45) is 0 Å². The third kappa shape index (κ3) is 3.58. The van der Waals surface area contributed by atoms with Gasteiger partial charge in [-0.2, -0.15) is 10.2 Å². The average molecular weight is 360 g/mol. The number of carboxylic acids is 1. The number of aromatic nitrogens is 5. The van der Waals surface area contributed by atoms with Gasteiger partial charge in [0.15, 0.2) is 5.13 Å². The first-order valence-electron chi connectivity index (χ1n) is 7.52. The molecule has 0 aliphatic carbocycles. The fourth-order valence-electron chi connectivity index (χ4n) is 2.33. The summed E-state index contributed by atoms with van der Waals surface area (Å²) in [5, 5.41) is 22.0. The number of hydrogen-bond donors (Lipinski definition) is 2. The van der Waals surface area contributed by atoms with Crippen LogP contribution in [0.15, 0.2) is 23.8 Å². The summed E-state index contributed by atoms with van der Waals surface area (Å²) in [5.41, 5.74) is 2.67. The van der Waals surface area contributed by atoms with Gasteiger partial charge in [-0.3, -0.25) is 19.6 Å². The summed E-state index contributed by atoms with van der Waals surface area (Å²) in [6.45, 7) is 4.29. The van der Waals surface area contributed by atoms with E-state index in [1.54, 1.807) is 0 Å². The Kier molecular flexibility index (Phi) is 4.61. The summed E-state index contributed by atoms with van der Waals surface area (Å²) in [7, 11) is 0. The number of carbonyl (C=O) groups excluding carboxylic acids is 1. The smallest absolute Gasteiger partial charge is 0.325 e. The zero-order valence-electron chi connectivity index (χ0n) is 13.6. The molecule has 2 N–H and O–H groups in total. The number of rotatable bonds is 6. The zero-order valence-corrected chi connectivity index (χ0v) is 14.4. The molecule has 0 radical (unpaired) electrons. The maximum absolute atomic E-state index is 12.3. The van der Waals surface area contributed by atoms with Gasteiger partial charge in [-0.15, -0.1) is 11.3 Å². The first-order chi connectivity index (χ1) is 12.0. The minimum absolute atomic E-state index is 0.161. The highest BCUT2D eigenvalue weighted by Gasteiger charge is 2.17. The molecule has 0 aromatic carbocycles. The maximum atomic E-state index is 12.3. The van der Waals surface area contributed by atoms with E-state index in [9.17, 15) is 9.59 Å². The minimum atomic E-state index is -1.07. The molecule has 0 saturated carbocycles. The monoisotopic (exact) mass is 360 g/mol. The van der Waals surface area contributed by atoms with Crippen molar-refractivity contribution in [1.29, 1.82) is 0 Å². The van der Waals surface area contributed by atoms with Crippen LogP contribution >= 0.6 is 11.3 Å². The van der Waals surface area contributed by atoms with Crippen molar-refractivity contribution in [1.82, 2.24) is 24.5 Å². The Bertz CT molecular complexity index is 925. The van der Waals surface area contributed by atoms with Gasteiger partial charge in [-0.05, 0) is 19.9 Å². The Morgan fingerprint density at radius 2 is 2.20 bits per heavy atom. The number of thiazole rings is 1. The van der Waals surface area contributed by atoms with Gasteiger partial charge in [0.25, 0.3) is 5.91 Å². The number of hydrogen-bond acceptors (Lipinski definition) is 6. The quantitative estimate of drug-likeness (QED) is 0.693. The van der Waals surface area contributed by atoms with E-state index in [-0.39, 0.29) is 12.2 Å². The maximum Gasteiger partial charge on any atom is 0.325 e. The number of amides is 1. The van der Waals surface area contributed by atoms with Gasteiger partial charge in [0.05, 0.1) is 11.4 Å². The number of anilines is 1. The Balaban J connectivity index is 1.77. The summed E-state index contributed by atoms with van der Waals surface area (Å²) >= 11 is 1.29. The Morgan fingerprint density at radius 1 is 1.40 bits per heavy atom. The molecule has 0 bridgehead atoms. The average Bonchev–Trinajstić information content (AvgIpc) is 3.26. The van der Waals surface area contributed by atoms with Crippen LogP contribution in [0.1, 0.15) is 23.1 Å². The van der Waals surface area contributed by atoms with E-state index >= 15 is 0 Å². The molecule has 3 rings (SSSR count). The number of aryl methyl sites for hydroxylation is 2. The van der Waals surface area contributed by atoms with E-state index in [0.29, 0.717) is 5.13 Å². The second-order valence-electron chi connectivity index (χ2n) is 5.24.